The minimum absolute atomic E-state index is 0.0120. The van der Waals surface area contributed by atoms with Crippen LogP contribution in [0.5, 0.6) is 5.75 Å². The van der Waals surface area contributed by atoms with E-state index in [1.165, 1.54) is 12.1 Å². The molecule has 1 aliphatic carbocycles. The fourth-order valence-electron chi connectivity index (χ4n) is 2.44. The van der Waals surface area contributed by atoms with Crippen LogP contribution in [0.25, 0.3) is 0 Å². The quantitative estimate of drug-likeness (QED) is 0.838. The summed E-state index contributed by atoms with van der Waals surface area (Å²) in [5.74, 6) is 0.197. The fraction of sp³-hybridized carbons (Fsp3) is 0.562. The highest BCUT2D eigenvalue weighted by Crippen LogP contribution is 2.27. The van der Waals surface area contributed by atoms with Gasteiger partial charge in [0.15, 0.2) is 6.61 Å². The summed E-state index contributed by atoms with van der Waals surface area (Å²) in [6.07, 6.45) is 2.67. The van der Waals surface area contributed by atoms with Gasteiger partial charge in [-0.1, -0.05) is 0 Å². The molecular formula is C16H23FN2O2. The van der Waals surface area contributed by atoms with E-state index in [0.717, 1.165) is 12.8 Å². The number of nitrogens with two attached hydrogens (primary N) is 1. The van der Waals surface area contributed by atoms with E-state index in [4.69, 9.17) is 10.5 Å². The lowest BCUT2D eigenvalue weighted by Crippen LogP contribution is -2.36. The Morgan fingerprint density at radius 1 is 1.52 bits per heavy atom. The molecule has 5 heteroatoms. The number of ether oxygens (including phenoxy) is 1. The smallest absolute Gasteiger partial charge is 0.260 e. The maximum Gasteiger partial charge on any atom is 0.260 e. The Morgan fingerprint density at radius 3 is 2.81 bits per heavy atom. The van der Waals surface area contributed by atoms with Gasteiger partial charge in [0.05, 0.1) is 0 Å². The van der Waals surface area contributed by atoms with Crippen molar-refractivity contribution in [3.05, 3.63) is 29.6 Å². The molecule has 1 aliphatic rings. The summed E-state index contributed by atoms with van der Waals surface area (Å²) in [6, 6.07) is 4.60. The predicted molar refractivity (Wildman–Crippen MR) is 79.7 cm³/mol. The highest BCUT2D eigenvalue weighted by Gasteiger charge is 2.31. The van der Waals surface area contributed by atoms with Gasteiger partial charge in [0.2, 0.25) is 0 Å². The topological polar surface area (TPSA) is 55.6 Å². The van der Waals surface area contributed by atoms with E-state index < -0.39 is 0 Å². The third-order valence-electron chi connectivity index (χ3n) is 3.56. The molecule has 1 aromatic carbocycles. The SMILES string of the molecule is CCN(C(=O)COc1ccc(F)cc1CC(C)N)C1CC1. The number of carbonyl (C=O) groups is 1. The molecule has 0 spiro atoms. The molecule has 1 unspecified atom stereocenters. The Labute approximate surface area is 125 Å². The molecule has 116 valence electrons. The van der Waals surface area contributed by atoms with Crippen LogP contribution in [-0.2, 0) is 11.2 Å². The first kappa shape index (κ1) is 15.8. The summed E-state index contributed by atoms with van der Waals surface area (Å²) >= 11 is 0. The zero-order valence-corrected chi connectivity index (χ0v) is 12.6. The molecule has 1 atom stereocenters. The molecule has 4 nitrogen and oxygen atoms in total. The number of rotatable bonds is 7. The standard InChI is InChI=1S/C16H23FN2O2/c1-3-19(14-5-6-14)16(20)10-21-15-7-4-13(17)9-12(15)8-11(2)18/h4,7,9,11,14H,3,5-6,8,10,18H2,1-2H3. The van der Waals surface area contributed by atoms with Gasteiger partial charge < -0.3 is 15.4 Å². The molecule has 1 amide bonds. The third kappa shape index (κ3) is 4.43. The second-order valence-corrected chi connectivity index (χ2v) is 5.63. The minimum Gasteiger partial charge on any atom is -0.483 e. The normalized spacial score (nSPS) is 15.6. The van der Waals surface area contributed by atoms with Gasteiger partial charge in [0.1, 0.15) is 11.6 Å². The van der Waals surface area contributed by atoms with Crippen molar-refractivity contribution >= 4 is 5.91 Å². The summed E-state index contributed by atoms with van der Waals surface area (Å²) in [4.78, 5) is 14.0. The van der Waals surface area contributed by atoms with Gasteiger partial charge in [0.25, 0.3) is 5.91 Å². The highest BCUT2D eigenvalue weighted by atomic mass is 19.1. The number of nitrogens with zero attached hydrogens (tertiary/aromatic N) is 1. The second-order valence-electron chi connectivity index (χ2n) is 5.63. The number of benzene rings is 1. The van der Waals surface area contributed by atoms with Gasteiger partial charge in [-0.25, -0.2) is 4.39 Å². The number of amides is 1. The molecule has 21 heavy (non-hydrogen) atoms. The zero-order chi connectivity index (χ0) is 15.4. The fourth-order valence-corrected chi connectivity index (χ4v) is 2.44. The van der Waals surface area contributed by atoms with E-state index in [1.54, 1.807) is 6.07 Å². The molecule has 0 radical (unpaired) electrons. The largest absolute Gasteiger partial charge is 0.483 e. The van der Waals surface area contributed by atoms with Crippen LogP contribution in [-0.4, -0.2) is 36.0 Å². The first-order valence-electron chi connectivity index (χ1n) is 7.47. The summed E-state index contributed by atoms with van der Waals surface area (Å²) in [5, 5.41) is 0. The number of halogens is 1. The van der Waals surface area contributed by atoms with Crippen molar-refractivity contribution < 1.29 is 13.9 Å². The van der Waals surface area contributed by atoms with Crippen LogP contribution in [0.3, 0.4) is 0 Å². The van der Waals surface area contributed by atoms with Crippen LogP contribution in [0.1, 0.15) is 32.3 Å². The minimum atomic E-state index is -0.322. The zero-order valence-electron chi connectivity index (χ0n) is 12.6. The van der Waals surface area contributed by atoms with E-state index in [2.05, 4.69) is 0 Å². The molecule has 1 aromatic rings. The van der Waals surface area contributed by atoms with Crippen LogP contribution in [0.15, 0.2) is 18.2 Å². The molecule has 1 saturated carbocycles. The lowest BCUT2D eigenvalue weighted by atomic mass is 10.1. The van der Waals surface area contributed by atoms with Crippen LogP contribution >= 0.6 is 0 Å². The van der Waals surface area contributed by atoms with E-state index in [0.29, 0.717) is 30.3 Å². The molecule has 0 saturated heterocycles. The Bertz CT molecular complexity index is 501. The number of likely N-dealkylation sites (N-methyl/N-ethyl adjacent to an activating group) is 1. The molecule has 2 rings (SSSR count). The second kappa shape index (κ2) is 6.89. The van der Waals surface area contributed by atoms with Gasteiger partial charge in [0, 0.05) is 18.6 Å². The first-order valence-corrected chi connectivity index (χ1v) is 7.47. The monoisotopic (exact) mass is 294 g/mol. The van der Waals surface area contributed by atoms with Crippen LogP contribution < -0.4 is 10.5 Å². The number of hydrogen-bond acceptors (Lipinski definition) is 3. The highest BCUT2D eigenvalue weighted by molar-refractivity contribution is 5.78. The number of carbonyl (C=O) groups excluding carboxylic acids is 1. The first-order chi connectivity index (χ1) is 10.0. The van der Waals surface area contributed by atoms with Crippen molar-refractivity contribution in [1.29, 1.82) is 0 Å². The van der Waals surface area contributed by atoms with Crippen LogP contribution in [0, 0.1) is 5.82 Å². The Hall–Kier alpha value is -1.62. The van der Waals surface area contributed by atoms with Gasteiger partial charge in [-0.2, -0.15) is 0 Å². The van der Waals surface area contributed by atoms with E-state index in [1.807, 2.05) is 18.7 Å². The van der Waals surface area contributed by atoms with Gasteiger partial charge in [-0.15, -0.1) is 0 Å². The lowest BCUT2D eigenvalue weighted by Gasteiger charge is -2.21. The molecule has 2 N–H and O–H groups in total. The summed E-state index contributed by atoms with van der Waals surface area (Å²) in [5.41, 5.74) is 6.47. The third-order valence-corrected chi connectivity index (χ3v) is 3.56. The Kier molecular flexibility index (Phi) is 5.17. The number of hydrogen-bond donors (Lipinski definition) is 1. The Balaban J connectivity index is 2.00. The molecule has 0 aliphatic heterocycles. The molecule has 0 aromatic heterocycles. The molecule has 0 bridgehead atoms. The van der Waals surface area contributed by atoms with E-state index >= 15 is 0 Å². The van der Waals surface area contributed by atoms with Gasteiger partial charge in [-0.05, 0) is 56.9 Å². The summed E-state index contributed by atoms with van der Waals surface area (Å²) in [6.45, 7) is 4.51. The average Bonchev–Trinajstić information content (AvgIpc) is 3.22. The molecule has 1 fully saturated rings. The maximum atomic E-state index is 13.3. The van der Waals surface area contributed by atoms with Crippen molar-refractivity contribution in [2.75, 3.05) is 13.2 Å². The van der Waals surface area contributed by atoms with E-state index in [9.17, 15) is 9.18 Å². The Morgan fingerprint density at radius 2 is 2.24 bits per heavy atom. The molecular weight excluding hydrogens is 271 g/mol. The van der Waals surface area contributed by atoms with Gasteiger partial charge in [-0.3, -0.25) is 4.79 Å². The van der Waals surface area contributed by atoms with Crippen molar-refractivity contribution in [3.63, 3.8) is 0 Å². The summed E-state index contributed by atoms with van der Waals surface area (Å²) in [7, 11) is 0. The average molecular weight is 294 g/mol. The van der Waals surface area contributed by atoms with Crippen molar-refractivity contribution in [3.8, 4) is 5.75 Å². The van der Waals surface area contributed by atoms with E-state index in [-0.39, 0.29) is 24.4 Å². The van der Waals surface area contributed by atoms with Gasteiger partial charge >= 0.3 is 0 Å². The van der Waals surface area contributed by atoms with Crippen molar-refractivity contribution in [2.45, 2.75) is 45.2 Å². The van der Waals surface area contributed by atoms with Crippen LogP contribution in [0.2, 0.25) is 0 Å². The molecule has 0 heterocycles. The van der Waals surface area contributed by atoms with Crippen molar-refractivity contribution in [2.24, 2.45) is 5.73 Å². The predicted octanol–water partition coefficient (Wildman–Crippen LogP) is 2.11. The van der Waals surface area contributed by atoms with Crippen molar-refractivity contribution in [1.82, 2.24) is 4.90 Å². The summed E-state index contributed by atoms with van der Waals surface area (Å²) < 4.78 is 18.9. The lowest BCUT2D eigenvalue weighted by molar-refractivity contribution is -0.133. The van der Waals surface area contributed by atoms with Crippen LogP contribution in [0.4, 0.5) is 4.39 Å². The maximum absolute atomic E-state index is 13.3.